The molecule has 0 aliphatic carbocycles. The highest BCUT2D eigenvalue weighted by molar-refractivity contribution is 7.92. The molecular weight excluding hydrogens is 245 g/mol. The van der Waals surface area contributed by atoms with Crippen molar-refractivity contribution in [3.05, 3.63) is 29.8 Å². The Labute approximate surface area is 89.8 Å². The molecule has 0 saturated heterocycles. The second-order valence-electron chi connectivity index (χ2n) is 3.03. The highest BCUT2D eigenvalue weighted by Gasteiger charge is 2.46. The van der Waals surface area contributed by atoms with Crippen molar-refractivity contribution in [2.45, 2.75) is 17.3 Å². The number of carbonyl (C=O) groups excluding carboxylic acids is 1. The molecule has 0 N–H and O–H groups in total. The maximum atomic E-state index is 12.1. The second-order valence-corrected chi connectivity index (χ2v) is 4.97. The second kappa shape index (κ2) is 3.89. The van der Waals surface area contributed by atoms with Gasteiger partial charge in [0.05, 0.1) is 4.90 Å². The van der Waals surface area contributed by atoms with Crippen molar-refractivity contribution in [1.82, 2.24) is 0 Å². The molecule has 0 spiro atoms. The summed E-state index contributed by atoms with van der Waals surface area (Å²) in [6.07, 6.45) is 0. The SMILES string of the molecule is CC(=O)c1ccc(S(=O)(=O)C(F)(F)F)cc1. The smallest absolute Gasteiger partial charge is 0.295 e. The number of hydrogen-bond donors (Lipinski definition) is 0. The first kappa shape index (κ1) is 12.7. The Hall–Kier alpha value is -1.37. The highest BCUT2D eigenvalue weighted by atomic mass is 32.2. The monoisotopic (exact) mass is 252 g/mol. The average Bonchev–Trinajstić information content (AvgIpc) is 2.16. The third kappa shape index (κ3) is 2.24. The standard InChI is InChI=1S/C9H7F3O3S/c1-6(13)7-2-4-8(5-3-7)16(14,15)9(10,11)12/h2-5H,1H3. The van der Waals surface area contributed by atoms with Crippen molar-refractivity contribution in [1.29, 1.82) is 0 Å². The fourth-order valence-electron chi connectivity index (χ4n) is 1.00. The Morgan fingerprint density at radius 3 is 1.88 bits per heavy atom. The van der Waals surface area contributed by atoms with Crippen LogP contribution in [0, 0.1) is 0 Å². The topological polar surface area (TPSA) is 51.2 Å². The molecule has 0 saturated carbocycles. The summed E-state index contributed by atoms with van der Waals surface area (Å²) in [5.74, 6) is -0.351. The van der Waals surface area contributed by atoms with Gasteiger partial charge >= 0.3 is 5.51 Å². The highest BCUT2D eigenvalue weighted by Crippen LogP contribution is 2.30. The zero-order valence-electron chi connectivity index (χ0n) is 8.08. The molecule has 1 rings (SSSR count). The van der Waals surface area contributed by atoms with E-state index in [2.05, 4.69) is 0 Å². The minimum absolute atomic E-state index is 0.154. The van der Waals surface area contributed by atoms with E-state index in [0.29, 0.717) is 0 Å². The molecule has 7 heteroatoms. The van der Waals surface area contributed by atoms with Crippen molar-refractivity contribution in [3.63, 3.8) is 0 Å². The van der Waals surface area contributed by atoms with Crippen LogP contribution in [-0.4, -0.2) is 19.7 Å². The maximum absolute atomic E-state index is 12.1. The van der Waals surface area contributed by atoms with E-state index in [-0.39, 0.29) is 11.3 Å². The number of carbonyl (C=O) groups is 1. The molecule has 0 fully saturated rings. The normalized spacial score (nSPS) is 12.5. The lowest BCUT2D eigenvalue weighted by Gasteiger charge is -2.07. The molecule has 0 aliphatic heterocycles. The van der Waals surface area contributed by atoms with Crippen LogP contribution in [0.4, 0.5) is 13.2 Å². The van der Waals surface area contributed by atoms with Crippen LogP contribution < -0.4 is 0 Å². The largest absolute Gasteiger partial charge is 0.501 e. The van der Waals surface area contributed by atoms with Gasteiger partial charge in [-0.05, 0) is 19.1 Å². The van der Waals surface area contributed by atoms with Gasteiger partial charge in [-0.15, -0.1) is 0 Å². The van der Waals surface area contributed by atoms with Crippen molar-refractivity contribution in [2.75, 3.05) is 0 Å². The van der Waals surface area contributed by atoms with Gasteiger partial charge in [0.2, 0.25) is 0 Å². The van der Waals surface area contributed by atoms with Crippen LogP contribution in [0.5, 0.6) is 0 Å². The van der Waals surface area contributed by atoms with Gasteiger partial charge in [0, 0.05) is 5.56 Å². The zero-order valence-corrected chi connectivity index (χ0v) is 8.89. The van der Waals surface area contributed by atoms with Crippen LogP contribution in [0.25, 0.3) is 0 Å². The first-order chi connectivity index (χ1) is 7.16. The first-order valence-corrected chi connectivity index (χ1v) is 5.57. The quantitative estimate of drug-likeness (QED) is 0.758. The fraction of sp³-hybridized carbons (Fsp3) is 0.222. The lowest BCUT2D eigenvalue weighted by molar-refractivity contribution is -0.0436. The van der Waals surface area contributed by atoms with Crippen LogP contribution in [0.3, 0.4) is 0 Å². The van der Waals surface area contributed by atoms with Crippen LogP contribution in [0.15, 0.2) is 29.2 Å². The number of Topliss-reactive ketones (excluding diaryl/α,β-unsaturated/α-hetero) is 1. The van der Waals surface area contributed by atoms with E-state index in [4.69, 9.17) is 0 Å². The summed E-state index contributed by atoms with van der Waals surface area (Å²) in [7, 11) is -5.33. The summed E-state index contributed by atoms with van der Waals surface area (Å²) in [6.45, 7) is 1.23. The summed E-state index contributed by atoms with van der Waals surface area (Å²) in [5, 5.41) is 0. The molecule has 0 unspecified atom stereocenters. The predicted octanol–water partition coefficient (Wildman–Crippen LogP) is 2.18. The number of benzene rings is 1. The molecule has 0 atom stereocenters. The Morgan fingerprint density at radius 1 is 1.12 bits per heavy atom. The van der Waals surface area contributed by atoms with Gasteiger partial charge < -0.3 is 0 Å². The fourth-order valence-corrected chi connectivity index (χ4v) is 1.76. The summed E-state index contributed by atoms with van der Waals surface area (Å²) >= 11 is 0. The van der Waals surface area contributed by atoms with E-state index in [9.17, 15) is 26.4 Å². The summed E-state index contributed by atoms with van der Waals surface area (Å²) in [6, 6.07) is 3.61. The Morgan fingerprint density at radius 2 is 1.56 bits per heavy atom. The van der Waals surface area contributed by atoms with Gasteiger partial charge in [-0.1, -0.05) is 12.1 Å². The minimum Gasteiger partial charge on any atom is -0.295 e. The van der Waals surface area contributed by atoms with Crippen molar-refractivity contribution in [3.8, 4) is 0 Å². The Bertz CT molecular complexity index is 500. The summed E-state index contributed by atoms with van der Waals surface area (Å²) in [4.78, 5) is 9.96. The first-order valence-electron chi connectivity index (χ1n) is 4.08. The molecule has 0 aliphatic rings. The van der Waals surface area contributed by atoms with Crippen molar-refractivity contribution in [2.24, 2.45) is 0 Å². The third-order valence-electron chi connectivity index (χ3n) is 1.88. The molecule has 16 heavy (non-hydrogen) atoms. The molecule has 88 valence electrons. The molecule has 1 aromatic rings. The summed E-state index contributed by atoms with van der Waals surface area (Å²) < 4.78 is 58.2. The maximum Gasteiger partial charge on any atom is 0.501 e. The molecule has 0 heterocycles. The molecule has 0 radical (unpaired) electrons. The summed E-state index contributed by atoms with van der Waals surface area (Å²) in [5.41, 5.74) is -5.17. The number of sulfone groups is 1. The molecular formula is C9H7F3O3S. The predicted molar refractivity (Wildman–Crippen MR) is 49.7 cm³/mol. The number of alkyl halides is 3. The molecule has 0 amide bonds. The van der Waals surface area contributed by atoms with Gasteiger partial charge in [0.15, 0.2) is 5.78 Å². The molecule has 0 bridgehead atoms. The van der Waals surface area contributed by atoms with E-state index >= 15 is 0 Å². The third-order valence-corrected chi connectivity index (χ3v) is 3.38. The van der Waals surface area contributed by atoms with Crippen LogP contribution >= 0.6 is 0 Å². The van der Waals surface area contributed by atoms with E-state index in [1.54, 1.807) is 0 Å². The van der Waals surface area contributed by atoms with E-state index in [0.717, 1.165) is 24.3 Å². The average molecular weight is 252 g/mol. The number of ketones is 1. The minimum atomic E-state index is -5.33. The van der Waals surface area contributed by atoms with Gasteiger partial charge in [-0.25, -0.2) is 8.42 Å². The van der Waals surface area contributed by atoms with Gasteiger partial charge in [0.25, 0.3) is 9.84 Å². The Balaban J connectivity index is 3.23. The van der Waals surface area contributed by atoms with Crippen molar-refractivity contribution < 1.29 is 26.4 Å². The van der Waals surface area contributed by atoms with E-state index in [1.165, 1.54) is 6.92 Å². The van der Waals surface area contributed by atoms with Crippen LogP contribution in [0.1, 0.15) is 17.3 Å². The molecule has 3 nitrogen and oxygen atoms in total. The molecule has 1 aromatic carbocycles. The molecule has 0 aromatic heterocycles. The van der Waals surface area contributed by atoms with E-state index < -0.39 is 20.2 Å². The van der Waals surface area contributed by atoms with E-state index in [1.807, 2.05) is 0 Å². The lowest BCUT2D eigenvalue weighted by Crippen LogP contribution is -2.23. The number of rotatable bonds is 2. The van der Waals surface area contributed by atoms with Crippen LogP contribution in [0.2, 0.25) is 0 Å². The van der Waals surface area contributed by atoms with Gasteiger partial charge in [-0.2, -0.15) is 13.2 Å². The van der Waals surface area contributed by atoms with Gasteiger partial charge in [0.1, 0.15) is 0 Å². The van der Waals surface area contributed by atoms with Crippen molar-refractivity contribution >= 4 is 15.6 Å². The number of hydrogen-bond acceptors (Lipinski definition) is 3. The Kier molecular flexibility index (Phi) is 3.09. The number of halogens is 3. The zero-order chi connectivity index (χ0) is 12.6. The van der Waals surface area contributed by atoms with Crippen LogP contribution in [-0.2, 0) is 9.84 Å². The van der Waals surface area contributed by atoms with Gasteiger partial charge in [-0.3, -0.25) is 4.79 Å². The lowest BCUT2D eigenvalue weighted by atomic mass is 10.2.